The second kappa shape index (κ2) is 7.96. The van der Waals surface area contributed by atoms with Gasteiger partial charge < -0.3 is 15.7 Å². The van der Waals surface area contributed by atoms with Crippen molar-refractivity contribution in [2.24, 2.45) is 23.7 Å². The highest BCUT2D eigenvalue weighted by Gasteiger charge is 2.48. The molecular formula is C24H24N2O4S. The lowest BCUT2D eigenvalue weighted by Crippen LogP contribution is -2.47. The van der Waals surface area contributed by atoms with Crippen molar-refractivity contribution in [3.63, 3.8) is 0 Å². The van der Waals surface area contributed by atoms with E-state index in [0.29, 0.717) is 10.6 Å². The highest BCUT2D eigenvalue weighted by Crippen LogP contribution is 2.46. The maximum absolute atomic E-state index is 13.3. The third-order valence-corrected chi connectivity index (χ3v) is 7.48. The lowest BCUT2D eigenvalue weighted by Gasteiger charge is -2.41. The van der Waals surface area contributed by atoms with Gasteiger partial charge in [-0.2, -0.15) is 0 Å². The van der Waals surface area contributed by atoms with Gasteiger partial charge in [0.05, 0.1) is 17.4 Å². The topological polar surface area (TPSA) is 95.5 Å². The summed E-state index contributed by atoms with van der Waals surface area (Å²) in [6.45, 7) is 0. The van der Waals surface area contributed by atoms with E-state index in [1.54, 1.807) is 0 Å². The fourth-order valence-corrected chi connectivity index (χ4v) is 5.84. The van der Waals surface area contributed by atoms with Crippen molar-refractivity contribution >= 4 is 34.1 Å². The predicted molar refractivity (Wildman–Crippen MR) is 119 cm³/mol. The van der Waals surface area contributed by atoms with E-state index in [-0.39, 0.29) is 29.7 Å². The molecule has 0 unspecified atom stereocenters. The zero-order valence-electron chi connectivity index (χ0n) is 16.9. The van der Waals surface area contributed by atoms with Gasteiger partial charge in [-0.1, -0.05) is 42.5 Å². The van der Waals surface area contributed by atoms with Crippen LogP contribution in [-0.4, -0.2) is 28.9 Å². The van der Waals surface area contributed by atoms with Crippen LogP contribution in [0.2, 0.25) is 0 Å². The minimum absolute atomic E-state index is 0.0802. The average Bonchev–Trinajstić information content (AvgIpc) is 3.50. The van der Waals surface area contributed by atoms with E-state index in [1.165, 1.54) is 11.3 Å². The molecule has 31 heavy (non-hydrogen) atoms. The normalized spacial score (nSPS) is 26.5. The largest absolute Gasteiger partial charge is 0.481 e. The summed E-state index contributed by atoms with van der Waals surface area (Å²) in [4.78, 5) is 38.3. The summed E-state index contributed by atoms with van der Waals surface area (Å²) >= 11 is 1.31. The molecule has 0 aliphatic heterocycles. The SMILES string of the molecule is O=C(NC1CC1)c1c(-c2ccccc2)csc1NC(=O)[C@H]1[C@@H](C(=O)O)[C@H]2C=C[C@@H]1CC2. The molecule has 7 heteroatoms. The first-order valence-electron chi connectivity index (χ1n) is 10.7. The molecule has 2 saturated carbocycles. The minimum Gasteiger partial charge on any atom is -0.481 e. The molecule has 6 nitrogen and oxygen atoms in total. The van der Waals surface area contributed by atoms with Gasteiger partial charge in [0, 0.05) is 17.0 Å². The Labute approximate surface area is 184 Å². The monoisotopic (exact) mass is 436 g/mol. The second-order valence-corrected chi connectivity index (χ2v) is 9.52. The van der Waals surface area contributed by atoms with Gasteiger partial charge in [0.15, 0.2) is 0 Å². The molecule has 0 spiro atoms. The van der Waals surface area contributed by atoms with Crippen molar-refractivity contribution in [3.05, 3.63) is 53.4 Å². The Kier molecular flexibility index (Phi) is 5.14. The van der Waals surface area contributed by atoms with Crippen LogP contribution in [0, 0.1) is 23.7 Å². The minimum atomic E-state index is -0.929. The van der Waals surface area contributed by atoms with E-state index < -0.39 is 17.8 Å². The van der Waals surface area contributed by atoms with Crippen LogP contribution in [0.15, 0.2) is 47.9 Å². The third kappa shape index (κ3) is 3.78. The van der Waals surface area contributed by atoms with Gasteiger partial charge in [-0.15, -0.1) is 11.3 Å². The molecule has 1 heterocycles. The van der Waals surface area contributed by atoms with Gasteiger partial charge in [-0.3, -0.25) is 14.4 Å². The second-order valence-electron chi connectivity index (χ2n) is 8.64. The fourth-order valence-electron chi connectivity index (χ4n) is 4.87. The van der Waals surface area contributed by atoms with Crippen LogP contribution in [-0.2, 0) is 9.59 Å². The number of carboxylic acid groups (broad SMARTS) is 1. The predicted octanol–water partition coefficient (Wildman–Crippen LogP) is 4.16. The van der Waals surface area contributed by atoms with Crippen LogP contribution in [0.5, 0.6) is 0 Å². The van der Waals surface area contributed by atoms with Crippen LogP contribution in [0.4, 0.5) is 5.00 Å². The summed E-state index contributed by atoms with van der Waals surface area (Å²) in [5, 5.41) is 18.1. The van der Waals surface area contributed by atoms with Crippen LogP contribution < -0.4 is 10.6 Å². The molecule has 160 valence electrons. The fraction of sp³-hybridized carbons (Fsp3) is 0.375. The Morgan fingerprint density at radius 1 is 0.935 bits per heavy atom. The quantitative estimate of drug-likeness (QED) is 0.593. The molecule has 2 bridgehead atoms. The number of benzene rings is 1. The molecule has 2 fully saturated rings. The zero-order chi connectivity index (χ0) is 21.5. The first kappa shape index (κ1) is 20.0. The number of carbonyl (C=O) groups is 3. The maximum Gasteiger partial charge on any atom is 0.307 e. The molecular weight excluding hydrogens is 412 g/mol. The highest BCUT2D eigenvalue weighted by atomic mass is 32.1. The number of allylic oxidation sites excluding steroid dienone is 2. The number of aliphatic carboxylic acids is 1. The Balaban J connectivity index is 1.46. The van der Waals surface area contributed by atoms with Crippen molar-refractivity contribution in [1.29, 1.82) is 0 Å². The molecule has 4 aliphatic carbocycles. The van der Waals surface area contributed by atoms with Gasteiger partial charge in [0.1, 0.15) is 5.00 Å². The first-order valence-corrected chi connectivity index (χ1v) is 11.6. The summed E-state index contributed by atoms with van der Waals surface area (Å²) in [5.41, 5.74) is 2.14. The van der Waals surface area contributed by atoms with E-state index in [2.05, 4.69) is 10.6 Å². The average molecular weight is 437 g/mol. The molecule has 4 aliphatic rings. The summed E-state index contributed by atoms with van der Waals surface area (Å²) in [6.07, 6.45) is 7.49. The number of amides is 2. The van der Waals surface area contributed by atoms with Crippen LogP contribution in [0.1, 0.15) is 36.0 Å². The van der Waals surface area contributed by atoms with Gasteiger partial charge in [0.2, 0.25) is 5.91 Å². The molecule has 0 radical (unpaired) electrons. The lowest BCUT2D eigenvalue weighted by molar-refractivity contribution is -0.151. The molecule has 4 atom stereocenters. The smallest absolute Gasteiger partial charge is 0.307 e. The Morgan fingerprint density at radius 2 is 1.61 bits per heavy atom. The van der Waals surface area contributed by atoms with E-state index >= 15 is 0 Å². The van der Waals surface area contributed by atoms with E-state index in [0.717, 1.165) is 36.8 Å². The Hall–Kier alpha value is -2.93. The first-order chi connectivity index (χ1) is 15.0. The maximum atomic E-state index is 13.3. The van der Waals surface area contributed by atoms with E-state index in [9.17, 15) is 19.5 Å². The third-order valence-electron chi connectivity index (χ3n) is 6.59. The zero-order valence-corrected chi connectivity index (χ0v) is 17.7. The molecule has 0 saturated heterocycles. The van der Waals surface area contributed by atoms with Gasteiger partial charge in [-0.05, 0) is 43.1 Å². The number of hydrogen-bond donors (Lipinski definition) is 3. The van der Waals surface area contributed by atoms with Gasteiger partial charge in [0.25, 0.3) is 5.91 Å². The standard InChI is InChI=1S/C24H24N2O4S/c27-21(18-14-6-8-15(9-7-14)19(18)24(29)30)26-23-20(22(28)25-16-10-11-16)17(12-31-23)13-4-2-1-3-5-13/h1-6,8,12,14-16,18-19H,7,9-11H2,(H,25,28)(H,26,27)(H,29,30)/t14-,15+,18-,19+/m1/s1. The van der Waals surface area contributed by atoms with Crippen LogP contribution in [0.3, 0.4) is 0 Å². The highest BCUT2D eigenvalue weighted by molar-refractivity contribution is 7.15. The number of hydrogen-bond acceptors (Lipinski definition) is 4. The summed E-state index contributed by atoms with van der Waals surface area (Å²) in [6, 6.07) is 9.81. The summed E-state index contributed by atoms with van der Waals surface area (Å²) in [7, 11) is 0. The molecule has 2 aromatic rings. The molecule has 2 amide bonds. The van der Waals surface area contributed by atoms with Crippen molar-refractivity contribution in [1.82, 2.24) is 5.32 Å². The van der Waals surface area contributed by atoms with E-state index in [1.807, 2.05) is 47.9 Å². The molecule has 6 rings (SSSR count). The van der Waals surface area contributed by atoms with Crippen molar-refractivity contribution in [3.8, 4) is 11.1 Å². The van der Waals surface area contributed by atoms with Gasteiger partial charge in [-0.25, -0.2) is 0 Å². The Morgan fingerprint density at radius 3 is 2.23 bits per heavy atom. The van der Waals surface area contributed by atoms with Gasteiger partial charge >= 0.3 is 5.97 Å². The van der Waals surface area contributed by atoms with Crippen molar-refractivity contribution in [2.45, 2.75) is 31.7 Å². The molecule has 3 N–H and O–H groups in total. The summed E-state index contributed by atoms with van der Waals surface area (Å²) < 4.78 is 0. The number of rotatable bonds is 6. The number of anilines is 1. The number of fused-ring (bicyclic) bond motifs is 2. The van der Waals surface area contributed by atoms with E-state index in [4.69, 9.17) is 0 Å². The Bertz CT molecular complexity index is 1060. The number of nitrogens with one attached hydrogen (secondary N) is 2. The number of carboxylic acids is 1. The van der Waals surface area contributed by atoms with Crippen molar-refractivity contribution < 1.29 is 19.5 Å². The molecule has 1 aromatic heterocycles. The number of thiophene rings is 1. The van der Waals surface area contributed by atoms with Crippen LogP contribution >= 0.6 is 11.3 Å². The van der Waals surface area contributed by atoms with Crippen LogP contribution in [0.25, 0.3) is 11.1 Å². The lowest BCUT2D eigenvalue weighted by atomic mass is 9.62. The van der Waals surface area contributed by atoms with Crippen molar-refractivity contribution in [2.75, 3.05) is 5.32 Å². The summed E-state index contributed by atoms with van der Waals surface area (Å²) in [5.74, 6) is -2.97. The molecule has 1 aromatic carbocycles. The number of carbonyl (C=O) groups excluding carboxylic acids is 2.